The standard InChI is InChI=1S/C25H35ClN6O3S2/c1-4-30-37(34)21-13-18(31-23(28)12-11-22(26)27)9-10-19(21)20-14-29-24(36-20)16-5-7-17(8-6-16)32-25(33)35-15(2)3/h9-17,30-31H,4-8,27-28H2,1-3H3,(H,32,33)/b22-11-,23-12+. The predicted octanol–water partition coefficient (Wildman–Crippen LogP) is 4.85. The van der Waals surface area contributed by atoms with E-state index in [4.69, 9.17) is 32.8 Å². The minimum Gasteiger partial charge on any atom is -0.447 e. The number of amides is 1. The van der Waals surface area contributed by atoms with Crippen LogP contribution in [0.25, 0.3) is 10.4 Å². The Morgan fingerprint density at radius 3 is 2.65 bits per heavy atom. The molecular weight excluding hydrogens is 532 g/mol. The van der Waals surface area contributed by atoms with Crippen molar-refractivity contribution < 1.29 is 13.7 Å². The van der Waals surface area contributed by atoms with E-state index in [0.717, 1.165) is 41.1 Å². The van der Waals surface area contributed by atoms with Gasteiger partial charge in [0.1, 0.15) is 16.8 Å². The lowest BCUT2D eigenvalue weighted by molar-refractivity contribution is 0.109. The van der Waals surface area contributed by atoms with Crippen molar-refractivity contribution >= 4 is 45.7 Å². The molecule has 1 aliphatic rings. The van der Waals surface area contributed by atoms with Gasteiger partial charge in [0.25, 0.3) is 0 Å². The third-order valence-electron chi connectivity index (χ3n) is 5.70. The van der Waals surface area contributed by atoms with Crippen molar-refractivity contribution in [3.8, 4) is 10.4 Å². The molecule has 1 unspecified atom stereocenters. The van der Waals surface area contributed by atoms with Gasteiger partial charge in [-0.15, -0.1) is 11.3 Å². The van der Waals surface area contributed by atoms with Crippen molar-refractivity contribution in [3.63, 3.8) is 0 Å². The molecule has 1 amide bonds. The van der Waals surface area contributed by atoms with Crippen LogP contribution in [-0.4, -0.2) is 34.0 Å². The highest BCUT2D eigenvalue weighted by molar-refractivity contribution is 7.83. The van der Waals surface area contributed by atoms with E-state index in [0.29, 0.717) is 28.9 Å². The fourth-order valence-corrected chi connectivity index (χ4v) is 6.33. The minimum atomic E-state index is -1.42. The van der Waals surface area contributed by atoms with Crippen molar-refractivity contribution in [1.82, 2.24) is 15.0 Å². The number of thiazole rings is 1. The summed E-state index contributed by atoms with van der Waals surface area (Å²) >= 11 is 7.27. The molecule has 202 valence electrons. The average Bonchev–Trinajstić information content (AvgIpc) is 3.33. The summed E-state index contributed by atoms with van der Waals surface area (Å²) in [5, 5.41) is 7.20. The maximum Gasteiger partial charge on any atom is 0.407 e. The number of carbonyl (C=O) groups excluding carboxylic acids is 1. The molecule has 1 saturated carbocycles. The first-order valence-corrected chi connectivity index (χ1v) is 14.6. The lowest BCUT2D eigenvalue weighted by Gasteiger charge is -2.28. The second-order valence-corrected chi connectivity index (χ2v) is 11.8. The van der Waals surface area contributed by atoms with Crippen LogP contribution in [0.4, 0.5) is 10.5 Å². The summed E-state index contributed by atoms with van der Waals surface area (Å²) in [6.07, 6.45) is 8.03. The van der Waals surface area contributed by atoms with Crippen LogP contribution in [0.1, 0.15) is 57.4 Å². The Morgan fingerprint density at radius 1 is 1.27 bits per heavy atom. The molecule has 9 nitrogen and oxygen atoms in total. The van der Waals surface area contributed by atoms with Crippen molar-refractivity contribution in [2.45, 2.75) is 69.4 Å². The lowest BCUT2D eigenvalue weighted by Crippen LogP contribution is -2.38. The first-order chi connectivity index (χ1) is 17.7. The second-order valence-electron chi connectivity index (χ2n) is 8.99. The molecule has 1 aliphatic carbocycles. The first-order valence-electron chi connectivity index (χ1n) is 12.2. The van der Waals surface area contributed by atoms with Crippen LogP contribution < -0.4 is 26.8 Å². The summed E-state index contributed by atoms with van der Waals surface area (Å²) in [7, 11) is -1.42. The maximum atomic E-state index is 13.0. The highest BCUT2D eigenvalue weighted by atomic mass is 35.5. The second kappa shape index (κ2) is 13.8. The van der Waals surface area contributed by atoms with Crippen LogP contribution in [0.5, 0.6) is 0 Å². The Balaban J connectivity index is 1.74. The van der Waals surface area contributed by atoms with E-state index in [1.807, 2.05) is 45.2 Å². The number of halogens is 1. The molecule has 0 bridgehead atoms. The molecule has 0 saturated heterocycles. The van der Waals surface area contributed by atoms with E-state index >= 15 is 0 Å². The van der Waals surface area contributed by atoms with Crippen molar-refractivity contribution in [2.75, 3.05) is 11.9 Å². The lowest BCUT2D eigenvalue weighted by atomic mass is 9.86. The fourth-order valence-electron chi connectivity index (χ4n) is 4.04. The van der Waals surface area contributed by atoms with Crippen LogP contribution >= 0.6 is 22.9 Å². The highest BCUT2D eigenvalue weighted by Crippen LogP contribution is 2.39. The third-order valence-corrected chi connectivity index (χ3v) is 8.30. The molecule has 37 heavy (non-hydrogen) atoms. The van der Waals surface area contributed by atoms with E-state index in [1.165, 1.54) is 6.08 Å². The highest BCUT2D eigenvalue weighted by Gasteiger charge is 2.26. The zero-order chi connectivity index (χ0) is 26.9. The summed E-state index contributed by atoms with van der Waals surface area (Å²) in [4.78, 5) is 18.2. The quantitative estimate of drug-likeness (QED) is 0.204. The monoisotopic (exact) mass is 566 g/mol. The summed E-state index contributed by atoms with van der Waals surface area (Å²) in [6, 6.07) is 5.73. The van der Waals surface area contributed by atoms with Crippen LogP contribution in [0.2, 0.25) is 0 Å². The fraction of sp³-hybridized carbons (Fsp3) is 0.440. The number of nitrogens with one attached hydrogen (secondary N) is 3. The SMILES string of the molecule is CCNS(=O)c1cc(N/C(N)=C/C=C(\N)Cl)ccc1-c1cnc(C2CCC(NC(=O)OC(C)C)CC2)s1. The van der Waals surface area contributed by atoms with Gasteiger partial charge in [0.15, 0.2) is 0 Å². The van der Waals surface area contributed by atoms with E-state index < -0.39 is 11.0 Å². The number of ether oxygens (including phenoxy) is 1. The van der Waals surface area contributed by atoms with E-state index in [1.54, 1.807) is 17.4 Å². The summed E-state index contributed by atoms with van der Waals surface area (Å²) in [5.74, 6) is 0.674. The minimum absolute atomic E-state index is 0.119. The Morgan fingerprint density at radius 2 is 2.00 bits per heavy atom. The van der Waals surface area contributed by atoms with Gasteiger partial charge >= 0.3 is 6.09 Å². The Kier molecular flexibility index (Phi) is 10.8. The van der Waals surface area contributed by atoms with Crippen molar-refractivity contribution in [3.05, 3.63) is 52.5 Å². The molecule has 2 aromatic rings. The van der Waals surface area contributed by atoms with Gasteiger partial charge in [0.2, 0.25) is 0 Å². The van der Waals surface area contributed by atoms with Crippen LogP contribution in [0.3, 0.4) is 0 Å². The number of anilines is 1. The van der Waals surface area contributed by atoms with Gasteiger partial charge in [-0.2, -0.15) is 0 Å². The smallest absolute Gasteiger partial charge is 0.407 e. The van der Waals surface area contributed by atoms with Gasteiger partial charge in [-0.1, -0.05) is 24.6 Å². The summed E-state index contributed by atoms with van der Waals surface area (Å²) in [5.41, 5.74) is 13.0. The first kappa shape index (κ1) is 29.0. The van der Waals surface area contributed by atoms with Crippen molar-refractivity contribution in [1.29, 1.82) is 0 Å². The molecule has 1 aromatic heterocycles. The molecule has 1 aromatic carbocycles. The molecule has 0 aliphatic heterocycles. The summed E-state index contributed by atoms with van der Waals surface area (Å²) < 4.78 is 21.2. The van der Waals surface area contributed by atoms with Gasteiger partial charge in [0, 0.05) is 36.0 Å². The largest absolute Gasteiger partial charge is 0.447 e. The normalized spacial score (nSPS) is 19.5. The van der Waals surface area contributed by atoms with Gasteiger partial charge in [-0.3, -0.25) is 0 Å². The number of hydrogen-bond acceptors (Lipinski definition) is 8. The molecule has 12 heteroatoms. The topological polar surface area (TPSA) is 144 Å². The van der Waals surface area contributed by atoms with Crippen LogP contribution in [-0.2, 0) is 15.7 Å². The molecule has 1 heterocycles. The predicted molar refractivity (Wildman–Crippen MR) is 151 cm³/mol. The molecular formula is C25H35ClN6O3S2. The molecule has 0 radical (unpaired) electrons. The third kappa shape index (κ3) is 8.74. The molecule has 3 rings (SSSR count). The molecule has 1 atom stereocenters. The summed E-state index contributed by atoms with van der Waals surface area (Å²) in [6.45, 7) is 6.14. The number of alkyl carbamates (subject to hydrolysis) is 1. The number of hydrogen-bond donors (Lipinski definition) is 5. The van der Waals surface area contributed by atoms with Gasteiger partial charge in [-0.25, -0.2) is 18.7 Å². The van der Waals surface area contributed by atoms with Gasteiger partial charge in [-0.05, 0) is 63.8 Å². The van der Waals surface area contributed by atoms with E-state index in [9.17, 15) is 9.00 Å². The number of nitrogens with two attached hydrogens (primary N) is 2. The molecule has 1 fully saturated rings. The Bertz CT molecular complexity index is 1160. The van der Waals surface area contributed by atoms with Crippen molar-refractivity contribution in [2.24, 2.45) is 11.5 Å². The zero-order valence-electron chi connectivity index (χ0n) is 21.3. The van der Waals surface area contributed by atoms with Crippen LogP contribution in [0, 0.1) is 0 Å². The molecule has 0 spiro atoms. The van der Waals surface area contributed by atoms with Gasteiger partial charge in [0.05, 0.1) is 26.0 Å². The average molecular weight is 567 g/mol. The number of rotatable bonds is 10. The zero-order valence-corrected chi connectivity index (χ0v) is 23.6. The molecule has 7 N–H and O–H groups in total. The number of nitrogens with zero attached hydrogens (tertiary/aromatic N) is 1. The number of carbonyl (C=O) groups is 1. The Hall–Kier alpha value is -2.60. The maximum absolute atomic E-state index is 13.0. The van der Waals surface area contributed by atoms with Gasteiger partial charge < -0.3 is 26.8 Å². The van der Waals surface area contributed by atoms with E-state index in [-0.39, 0.29) is 23.4 Å². The number of benzene rings is 1. The number of allylic oxidation sites excluding steroid dienone is 2. The Labute approximate surface area is 229 Å². The van der Waals surface area contributed by atoms with E-state index in [2.05, 4.69) is 15.4 Å². The van der Waals surface area contributed by atoms with Crippen LogP contribution in [0.15, 0.2) is 52.4 Å². The number of aromatic nitrogens is 1.